The summed E-state index contributed by atoms with van der Waals surface area (Å²) in [6.07, 6.45) is 10.2. The number of hydrogen-bond acceptors (Lipinski definition) is 4. The van der Waals surface area contributed by atoms with Crippen LogP contribution in [-0.2, 0) is 11.3 Å². The summed E-state index contributed by atoms with van der Waals surface area (Å²) in [5.74, 6) is -0.346. The maximum absolute atomic E-state index is 11.3. The van der Waals surface area contributed by atoms with E-state index in [2.05, 4.69) is 21.1 Å². The molecule has 0 fully saturated rings. The van der Waals surface area contributed by atoms with E-state index in [0.29, 0.717) is 5.56 Å². The fourth-order valence-corrected chi connectivity index (χ4v) is 2.36. The molecule has 0 spiro atoms. The summed E-state index contributed by atoms with van der Waals surface area (Å²) in [7, 11) is 1.37. The van der Waals surface area contributed by atoms with Gasteiger partial charge in [0.15, 0.2) is 0 Å². The summed E-state index contributed by atoms with van der Waals surface area (Å²) in [4.78, 5) is 15.5. The molecule has 2 rings (SSSR count). The van der Waals surface area contributed by atoms with Crippen LogP contribution in [0.1, 0.15) is 48.2 Å². The van der Waals surface area contributed by atoms with Crippen molar-refractivity contribution in [2.24, 2.45) is 0 Å². The first-order chi connectivity index (χ1) is 9.79. The van der Waals surface area contributed by atoms with Gasteiger partial charge in [-0.15, -0.1) is 0 Å². The normalized spacial score (nSPS) is 14.8. The third kappa shape index (κ3) is 4.46. The van der Waals surface area contributed by atoms with Crippen LogP contribution in [0, 0.1) is 0 Å². The number of nitrogens with one attached hydrogen (secondary N) is 1. The molecule has 0 aliphatic heterocycles. The molecule has 1 aromatic rings. The average Bonchev–Trinajstić information content (AvgIpc) is 2.52. The van der Waals surface area contributed by atoms with E-state index in [-0.39, 0.29) is 5.97 Å². The summed E-state index contributed by atoms with van der Waals surface area (Å²) in [6.45, 7) is 1.71. The highest BCUT2D eigenvalue weighted by atomic mass is 16.5. The van der Waals surface area contributed by atoms with Crippen molar-refractivity contribution in [2.75, 3.05) is 13.7 Å². The Hall–Kier alpha value is -1.68. The zero-order chi connectivity index (χ0) is 14.2. The topological polar surface area (TPSA) is 51.2 Å². The molecule has 1 aliphatic carbocycles. The number of pyridine rings is 1. The SMILES string of the molecule is COC(=O)c1ccc(CNCCC2=CCCCC2)nc1. The molecule has 1 aliphatic rings. The lowest BCUT2D eigenvalue weighted by Crippen LogP contribution is -2.16. The fraction of sp³-hybridized carbons (Fsp3) is 0.500. The van der Waals surface area contributed by atoms with Gasteiger partial charge in [0.05, 0.1) is 18.4 Å². The summed E-state index contributed by atoms with van der Waals surface area (Å²) in [6, 6.07) is 3.61. The molecule has 0 saturated carbocycles. The maximum Gasteiger partial charge on any atom is 0.339 e. The number of ether oxygens (including phenoxy) is 1. The number of nitrogens with zero attached hydrogens (tertiary/aromatic N) is 1. The molecule has 0 bridgehead atoms. The minimum Gasteiger partial charge on any atom is -0.465 e. The minimum atomic E-state index is -0.346. The van der Waals surface area contributed by atoms with Crippen molar-refractivity contribution in [3.8, 4) is 0 Å². The van der Waals surface area contributed by atoms with E-state index in [1.165, 1.54) is 32.8 Å². The average molecular weight is 274 g/mol. The van der Waals surface area contributed by atoms with Crippen LogP contribution in [0.25, 0.3) is 0 Å². The van der Waals surface area contributed by atoms with Gasteiger partial charge in [-0.2, -0.15) is 0 Å². The van der Waals surface area contributed by atoms with Crippen molar-refractivity contribution < 1.29 is 9.53 Å². The molecule has 0 aromatic carbocycles. The second-order valence-electron chi connectivity index (χ2n) is 5.06. The molecular formula is C16H22N2O2. The highest BCUT2D eigenvalue weighted by Gasteiger charge is 2.06. The first-order valence-electron chi connectivity index (χ1n) is 7.21. The number of allylic oxidation sites excluding steroid dienone is 1. The van der Waals surface area contributed by atoms with Crippen LogP contribution in [0.5, 0.6) is 0 Å². The van der Waals surface area contributed by atoms with Gasteiger partial charge < -0.3 is 10.1 Å². The zero-order valence-corrected chi connectivity index (χ0v) is 12.0. The molecule has 1 aromatic heterocycles. The molecule has 1 N–H and O–H groups in total. The van der Waals surface area contributed by atoms with Crippen molar-refractivity contribution in [1.82, 2.24) is 10.3 Å². The Morgan fingerprint density at radius 3 is 2.95 bits per heavy atom. The first-order valence-corrected chi connectivity index (χ1v) is 7.21. The molecule has 4 heteroatoms. The summed E-state index contributed by atoms with van der Waals surface area (Å²) >= 11 is 0. The Kier molecular flexibility index (Phi) is 5.74. The predicted molar refractivity (Wildman–Crippen MR) is 78.5 cm³/mol. The Morgan fingerprint density at radius 1 is 1.40 bits per heavy atom. The van der Waals surface area contributed by atoms with E-state index >= 15 is 0 Å². The van der Waals surface area contributed by atoms with Crippen molar-refractivity contribution >= 4 is 5.97 Å². The van der Waals surface area contributed by atoms with E-state index in [1.54, 1.807) is 17.8 Å². The maximum atomic E-state index is 11.3. The molecule has 4 nitrogen and oxygen atoms in total. The van der Waals surface area contributed by atoms with E-state index in [4.69, 9.17) is 0 Å². The molecule has 108 valence electrons. The van der Waals surface area contributed by atoms with Gasteiger partial charge in [0.25, 0.3) is 0 Å². The van der Waals surface area contributed by atoms with Crippen molar-refractivity contribution in [1.29, 1.82) is 0 Å². The minimum absolute atomic E-state index is 0.346. The molecule has 0 amide bonds. The third-order valence-electron chi connectivity index (χ3n) is 3.56. The molecule has 20 heavy (non-hydrogen) atoms. The van der Waals surface area contributed by atoms with Gasteiger partial charge in [-0.3, -0.25) is 4.98 Å². The number of esters is 1. The number of methoxy groups -OCH3 is 1. The van der Waals surface area contributed by atoms with Crippen LogP contribution in [0.3, 0.4) is 0 Å². The Bertz CT molecular complexity index is 466. The number of rotatable bonds is 6. The van der Waals surface area contributed by atoms with Gasteiger partial charge in [-0.1, -0.05) is 11.6 Å². The standard InChI is InChI=1S/C16H22N2O2/c1-20-16(19)14-7-8-15(18-11-14)12-17-10-9-13-5-3-2-4-6-13/h5,7-8,11,17H,2-4,6,9-10,12H2,1H3. The van der Waals surface area contributed by atoms with Gasteiger partial charge in [0, 0.05) is 12.7 Å². The Balaban J connectivity index is 1.71. The lowest BCUT2D eigenvalue weighted by atomic mass is 9.97. The Labute approximate surface area is 120 Å². The van der Waals surface area contributed by atoms with Crippen LogP contribution < -0.4 is 5.32 Å². The smallest absolute Gasteiger partial charge is 0.339 e. The van der Waals surface area contributed by atoms with Gasteiger partial charge >= 0.3 is 5.97 Å². The van der Waals surface area contributed by atoms with Gasteiger partial charge in [-0.05, 0) is 50.8 Å². The highest BCUT2D eigenvalue weighted by Crippen LogP contribution is 2.19. The number of carbonyl (C=O) groups is 1. The van der Waals surface area contributed by atoms with Crippen LogP contribution in [-0.4, -0.2) is 24.6 Å². The monoisotopic (exact) mass is 274 g/mol. The molecule has 0 saturated heterocycles. The number of aromatic nitrogens is 1. The third-order valence-corrected chi connectivity index (χ3v) is 3.56. The molecule has 0 unspecified atom stereocenters. The van der Waals surface area contributed by atoms with Crippen LogP contribution >= 0.6 is 0 Å². The molecule has 1 heterocycles. The number of hydrogen-bond donors (Lipinski definition) is 1. The van der Waals surface area contributed by atoms with Crippen molar-refractivity contribution in [2.45, 2.75) is 38.6 Å². The summed E-state index contributed by atoms with van der Waals surface area (Å²) < 4.78 is 4.64. The van der Waals surface area contributed by atoms with E-state index in [0.717, 1.165) is 25.2 Å². The fourth-order valence-electron chi connectivity index (χ4n) is 2.36. The quantitative estimate of drug-likeness (QED) is 0.492. The summed E-state index contributed by atoms with van der Waals surface area (Å²) in [5.41, 5.74) is 3.01. The molecule has 0 atom stereocenters. The zero-order valence-electron chi connectivity index (χ0n) is 12.0. The van der Waals surface area contributed by atoms with Crippen LogP contribution in [0.4, 0.5) is 0 Å². The predicted octanol–water partition coefficient (Wildman–Crippen LogP) is 2.85. The lowest BCUT2D eigenvalue weighted by Gasteiger charge is -2.12. The molecule has 0 radical (unpaired) electrons. The van der Waals surface area contributed by atoms with Gasteiger partial charge in [0.1, 0.15) is 0 Å². The lowest BCUT2D eigenvalue weighted by molar-refractivity contribution is 0.0600. The first kappa shape index (κ1) is 14.7. The van der Waals surface area contributed by atoms with E-state index in [9.17, 15) is 4.79 Å². The summed E-state index contributed by atoms with van der Waals surface area (Å²) in [5, 5.41) is 3.39. The number of carbonyl (C=O) groups excluding carboxylic acids is 1. The largest absolute Gasteiger partial charge is 0.465 e. The van der Waals surface area contributed by atoms with Crippen molar-refractivity contribution in [3.05, 3.63) is 41.2 Å². The van der Waals surface area contributed by atoms with Crippen LogP contribution in [0.2, 0.25) is 0 Å². The van der Waals surface area contributed by atoms with Crippen LogP contribution in [0.15, 0.2) is 30.0 Å². The van der Waals surface area contributed by atoms with Gasteiger partial charge in [0.2, 0.25) is 0 Å². The Morgan fingerprint density at radius 2 is 2.30 bits per heavy atom. The second kappa shape index (κ2) is 7.80. The highest BCUT2D eigenvalue weighted by molar-refractivity contribution is 5.88. The van der Waals surface area contributed by atoms with E-state index in [1.807, 2.05) is 6.07 Å². The second-order valence-corrected chi connectivity index (χ2v) is 5.06. The van der Waals surface area contributed by atoms with Crippen molar-refractivity contribution in [3.63, 3.8) is 0 Å². The van der Waals surface area contributed by atoms with Gasteiger partial charge in [-0.25, -0.2) is 4.79 Å². The molecular weight excluding hydrogens is 252 g/mol. The van der Waals surface area contributed by atoms with E-state index < -0.39 is 0 Å².